The maximum Gasteiger partial charge on any atom is 0.254 e. The highest BCUT2D eigenvalue weighted by atomic mass is 19.1. The highest BCUT2D eigenvalue weighted by molar-refractivity contribution is 5.95. The molecule has 0 saturated carbocycles. The van der Waals surface area contributed by atoms with Crippen LogP contribution in [-0.4, -0.2) is 56.3 Å². The number of piperidine rings is 1. The van der Waals surface area contributed by atoms with Crippen molar-refractivity contribution < 1.29 is 23.4 Å². The number of rotatable bonds is 11. The molecule has 1 atom stereocenters. The molecule has 3 rings (SSSR count). The number of nitrogens with zero attached hydrogens (tertiary/aromatic N) is 1. The molecule has 1 N–H and O–H groups in total. The number of hydrogen-bond acceptors (Lipinski definition) is 5. The zero-order chi connectivity index (χ0) is 23.6. The van der Waals surface area contributed by atoms with Crippen molar-refractivity contribution in [1.29, 1.82) is 0 Å². The normalized spacial score (nSPS) is 16.0. The van der Waals surface area contributed by atoms with Crippen LogP contribution in [0.3, 0.4) is 0 Å². The van der Waals surface area contributed by atoms with Gasteiger partial charge in [-0.25, -0.2) is 4.39 Å². The monoisotopic (exact) mass is 458 g/mol. The number of methoxy groups -OCH3 is 1. The molecular weight excluding hydrogens is 423 g/mol. The van der Waals surface area contributed by atoms with Crippen molar-refractivity contribution in [2.24, 2.45) is 0 Å². The minimum atomic E-state index is -0.309. The molecule has 0 spiro atoms. The van der Waals surface area contributed by atoms with E-state index in [1.165, 1.54) is 12.1 Å². The summed E-state index contributed by atoms with van der Waals surface area (Å²) in [6, 6.07) is 11.8. The van der Waals surface area contributed by atoms with Gasteiger partial charge in [-0.1, -0.05) is 12.1 Å². The lowest BCUT2D eigenvalue weighted by Crippen LogP contribution is -2.51. The average molecular weight is 459 g/mol. The van der Waals surface area contributed by atoms with Crippen molar-refractivity contribution in [2.75, 3.05) is 33.4 Å². The minimum Gasteiger partial charge on any atom is -0.493 e. The molecule has 6 nitrogen and oxygen atoms in total. The molecule has 0 aliphatic carbocycles. The number of halogens is 1. The molecule has 2 aromatic rings. The van der Waals surface area contributed by atoms with Crippen molar-refractivity contribution in [1.82, 2.24) is 10.2 Å². The first kappa shape index (κ1) is 25.0. The molecule has 1 heterocycles. The van der Waals surface area contributed by atoms with Gasteiger partial charge in [0.2, 0.25) is 0 Å². The van der Waals surface area contributed by atoms with Crippen molar-refractivity contribution in [2.45, 2.75) is 51.8 Å². The SMILES string of the molecule is COCCCOc1cc(OCc2cccc(F)c2)cc(C(=O)N(C(C)C)[C@@H]2CCCNC2)c1. The molecule has 33 heavy (non-hydrogen) atoms. The van der Waals surface area contributed by atoms with E-state index in [0.717, 1.165) is 32.4 Å². The van der Waals surface area contributed by atoms with Crippen molar-refractivity contribution in [3.8, 4) is 11.5 Å². The number of amides is 1. The van der Waals surface area contributed by atoms with Crippen LogP contribution in [0.1, 0.15) is 49.0 Å². The summed E-state index contributed by atoms with van der Waals surface area (Å²) in [5, 5.41) is 3.40. The van der Waals surface area contributed by atoms with Gasteiger partial charge in [0.05, 0.1) is 6.61 Å². The average Bonchev–Trinajstić information content (AvgIpc) is 2.81. The van der Waals surface area contributed by atoms with Gasteiger partial charge in [-0.2, -0.15) is 0 Å². The zero-order valence-corrected chi connectivity index (χ0v) is 19.8. The van der Waals surface area contributed by atoms with Crippen LogP contribution in [-0.2, 0) is 11.3 Å². The van der Waals surface area contributed by atoms with Crippen LogP contribution in [0.2, 0.25) is 0 Å². The van der Waals surface area contributed by atoms with E-state index >= 15 is 0 Å². The lowest BCUT2D eigenvalue weighted by molar-refractivity contribution is 0.0572. The van der Waals surface area contributed by atoms with Gasteiger partial charge in [-0.15, -0.1) is 0 Å². The highest BCUT2D eigenvalue weighted by Gasteiger charge is 2.29. The Morgan fingerprint density at radius 3 is 2.61 bits per heavy atom. The summed E-state index contributed by atoms with van der Waals surface area (Å²) in [5.74, 6) is 0.724. The van der Waals surface area contributed by atoms with Gasteiger partial charge in [0.25, 0.3) is 5.91 Å². The summed E-state index contributed by atoms with van der Waals surface area (Å²) >= 11 is 0. The molecule has 1 aliphatic heterocycles. The topological polar surface area (TPSA) is 60.0 Å². The molecular formula is C26H35FN2O4. The number of hydrogen-bond donors (Lipinski definition) is 1. The van der Waals surface area contributed by atoms with Gasteiger partial charge in [0.1, 0.15) is 23.9 Å². The predicted molar refractivity (Wildman–Crippen MR) is 126 cm³/mol. The summed E-state index contributed by atoms with van der Waals surface area (Å²) in [6.07, 6.45) is 2.76. The third-order valence-corrected chi connectivity index (χ3v) is 5.64. The second-order valence-electron chi connectivity index (χ2n) is 8.61. The maximum absolute atomic E-state index is 13.6. The van der Waals surface area contributed by atoms with Gasteiger partial charge in [0, 0.05) is 50.4 Å². The van der Waals surface area contributed by atoms with E-state index < -0.39 is 0 Å². The Balaban J connectivity index is 1.82. The van der Waals surface area contributed by atoms with Gasteiger partial charge in [0.15, 0.2) is 0 Å². The van der Waals surface area contributed by atoms with Crippen molar-refractivity contribution in [3.05, 3.63) is 59.4 Å². The fourth-order valence-corrected chi connectivity index (χ4v) is 4.09. The smallest absolute Gasteiger partial charge is 0.254 e. The Kier molecular flexibility index (Phi) is 9.51. The van der Waals surface area contributed by atoms with Gasteiger partial charge in [-0.05, 0) is 63.1 Å². The van der Waals surface area contributed by atoms with Gasteiger partial charge in [-0.3, -0.25) is 4.79 Å². The van der Waals surface area contributed by atoms with E-state index in [-0.39, 0.29) is 30.4 Å². The third-order valence-electron chi connectivity index (χ3n) is 5.64. The molecule has 1 aliphatic rings. The Bertz CT molecular complexity index is 900. The largest absolute Gasteiger partial charge is 0.493 e. The first-order chi connectivity index (χ1) is 16.0. The molecule has 2 aromatic carbocycles. The molecule has 0 unspecified atom stereocenters. The fourth-order valence-electron chi connectivity index (χ4n) is 4.09. The summed E-state index contributed by atoms with van der Waals surface area (Å²) in [4.78, 5) is 15.6. The van der Waals surface area contributed by atoms with E-state index in [2.05, 4.69) is 5.32 Å². The quantitative estimate of drug-likeness (QED) is 0.505. The minimum absolute atomic E-state index is 0.0448. The summed E-state index contributed by atoms with van der Waals surface area (Å²) in [6.45, 7) is 7.11. The summed E-state index contributed by atoms with van der Waals surface area (Å²) in [7, 11) is 1.65. The molecule has 0 aromatic heterocycles. The Labute approximate surface area is 196 Å². The van der Waals surface area contributed by atoms with Crippen LogP contribution in [0.4, 0.5) is 4.39 Å². The second kappa shape index (κ2) is 12.6. The fraction of sp³-hybridized carbons (Fsp3) is 0.500. The number of nitrogens with one attached hydrogen (secondary N) is 1. The maximum atomic E-state index is 13.6. The Morgan fingerprint density at radius 1 is 1.15 bits per heavy atom. The van der Waals surface area contributed by atoms with Crippen LogP contribution in [0, 0.1) is 5.82 Å². The van der Waals surface area contributed by atoms with Crippen LogP contribution >= 0.6 is 0 Å². The second-order valence-corrected chi connectivity index (χ2v) is 8.61. The van der Waals surface area contributed by atoms with Gasteiger partial charge >= 0.3 is 0 Å². The Hall–Kier alpha value is -2.64. The lowest BCUT2D eigenvalue weighted by atomic mass is 10.0. The molecule has 0 bridgehead atoms. The summed E-state index contributed by atoms with van der Waals surface area (Å²) < 4.78 is 30.4. The van der Waals surface area contributed by atoms with Crippen LogP contribution < -0.4 is 14.8 Å². The number of ether oxygens (including phenoxy) is 3. The molecule has 1 saturated heterocycles. The first-order valence-corrected chi connectivity index (χ1v) is 11.7. The van der Waals surface area contributed by atoms with E-state index in [1.54, 1.807) is 37.4 Å². The lowest BCUT2D eigenvalue weighted by Gasteiger charge is -2.37. The van der Waals surface area contributed by atoms with E-state index in [4.69, 9.17) is 14.2 Å². The van der Waals surface area contributed by atoms with Crippen LogP contribution in [0.25, 0.3) is 0 Å². The number of benzene rings is 2. The van der Waals surface area contributed by atoms with E-state index in [1.807, 2.05) is 18.7 Å². The Morgan fingerprint density at radius 2 is 1.94 bits per heavy atom. The number of carbonyl (C=O) groups is 1. The third kappa shape index (κ3) is 7.44. The molecule has 7 heteroatoms. The number of carbonyl (C=O) groups excluding carboxylic acids is 1. The summed E-state index contributed by atoms with van der Waals surface area (Å²) in [5.41, 5.74) is 1.24. The van der Waals surface area contributed by atoms with E-state index in [9.17, 15) is 9.18 Å². The predicted octanol–water partition coefficient (Wildman–Crippen LogP) is 4.42. The van der Waals surface area contributed by atoms with Gasteiger partial charge < -0.3 is 24.4 Å². The van der Waals surface area contributed by atoms with Crippen LogP contribution in [0.5, 0.6) is 11.5 Å². The van der Waals surface area contributed by atoms with Crippen molar-refractivity contribution >= 4 is 5.91 Å². The standard InChI is InChI=1S/C26H35FN2O4/c1-19(2)29(23-9-5-10-28-17-23)26(30)21-14-24(32-12-6-11-31-3)16-25(15-21)33-18-20-7-4-8-22(27)13-20/h4,7-8,13-16,19,23,28H,5-6,9-12,17-18H2,1-3H3/t23-/m1/s1. The first-order valence-electron chi connectivity index (χ1n) is 11.7. The van der Waals surface area contributed by atoms with E-state index in [0.29, 0.717) is 35.8 Å². The molecule has 180 valence electrons. The molecule has 1 fully saturated rings. The zero-order valence-electron chi connectivity index (χ0n) is 19.8. The highest BCUT2D eigenvalue weighted by Crippen LogP contribution is 2.27. The molecule has 0 radical (unpaired) electrons. The molecule has 1 amide bonds. The van der Waals surface area contributed by atoms with Crippen LogP contribution in [0.15, 0.2) is 42.5 Å². The van der Waals surface area contributed by atoms with Crippen molar-refractivity contribution in [3.63, 3.8) is 0 Å².